The van der Waals surface area contributed by atoms with Crippen LogP contribution in [-0.4, -0.2) is 23.2 Å². The number of rotatable bonds is 4. The summed E-state index contributed by atoms with van der Waals surface area (Å²) in [6.45, 7) is 4.15. The summed E-state index contributed by atoms with van der Waals surface area (Å²) in [7, 11) is 0. The highest BCUT2D eigenvalue weighted by atomic mass is 19.1. The van der Waals surface area contributed by atoms with Crippen LogP contribution >= 0.6 is 0 Å². The molecule has 1 aromatic carbocycles. The van der Waals surface area contributed by atoms with E-state index in [9.17, 15) is 14.3 Å². The van der Waals surface area contributed by atoms with E-state index in [4.69, 9.17) is 0 Å². The summed E-state index contributed by atoms with van der Waals surface area (Å²) in [5, 5.41) is 13.2. The van der Waals surface area contributed by atoms with Crippen LogP contribution < -0.4 is 5.32 Å². The fourth-order valence-corrected chi connectivity index (χ4v) is 3.01. The number of carbonyl (C=O) groups excluding carboxylic acids is 1. The molecule has 3 nitrogen and oxygen atoms in total. The summed E-state index contributed by atoms with van der Waals surface area (Å²) in [5.41, 5.74) is 0.199. The summed E-state index contributed by atoms with van der Waals surface area (Å²) in [6.07, 6.45) is 4.58. The highest BCUT2D eigenvalue weighted by Crippen LogP contribution is 2.33. The lowest BCUT2D eigenvalue weighted by Crippen LogP contribution is -2.45. The number of carbonyl (C=O) groups is 1. The van der Waals surface area contributed by atoms with Crippen LogP contribution in [-0.2, 0) is 0 Å². The summed E-state index contributed by atoms with van der Waals surface area (Å²) in [6, 6.07) is 4.26. The number of amides is 1. The standard InChI is InChI=1S/C17H24FNO2/c1-3-13-4-6-17(21,7-5-13)11-19-16(20)14-8-12(2)9-15(18)10-14/h8-10,13,21H,3-7,11H2,1-2H3,(H,19,20). The van der Waals surface area contributed by atoms with E-state index >= 15 is 0 Å². The average molecular weight is 293 g/mol. The highest BCUT2D eigenvalue weighted by molar-refractivity contribution is 5.94. The van der Waals surface area contributed by atoms with Crippen molar-refractivity contribution in [1.82, 2.24) is 5.32 Å². The van der Waals surface area contributed by atoms with Crippen molar-refractivity contribution in [3.05, 3.63) is 35.1 Å². The monoisotopic (exact) mass is 293 g/mol. The average Bonchev–Trinajstić information content (AvgIpc) is 2.45. The second-order valence-corrected chi connectivity index (χ2v) is 6.28. The van der Waals surface area contributed by atoms with Gasteiger partial charge in [0.2, 0.25) is 0 Å². The Morgan fingerprint density at radius 1 is 1.38 bits per heavy atom. The van der Waals surface area contributed by atoms with Crippen LogP contribution in [0.2, 0.25) is 0 Å². The van der Waals surface area contributed by atoms with E-state index in [1.807, 2.05) is 0 Å². The van der Waals surface area contributed by atoms with Gasteiger partial charge in [-0.2, -0.15) is 0 Å². The van der Waals surface area contributed by atoms with Gasteiger partial charge >= 0.3 is 0 Å². The molecule has 4 heteroatoms. The van der Waals surface area contributed by atoms with Crippen LogP contribution in [0.1, 0.15) is 54.9 Å². The van der Waals surface area contributed by atoms with Crippen molar-refractivity contribution in [3.8, 4) is 0 Å². The van der Waals surface area contributed by atoms with Gasteiger partial charge in [0, 0.05) is 12.1 Å². The first-order valence-corrected chi connectivity index (χ1v) is 7.69. The van der Waals surface area contributed by atoms with E-state index in [1.54, 1.807) is 13.0 Å². The number of hydrogen-bond acceptors (Lipinski definition) is 2. The maximum atomic E-state index is 13.3. The van der Waals surface area contributed by atoms with Crippen molar-refractivity contribution >= 4 is 5.91 Å². The zero-order valence-corrected chi connectivity index (χ0v) is 12.8. The second-order valence-electron chi connectivity index (χ2n) is 6.28. The predicted octanol–water partition coefficient (Wildman–Crippen LogP) is 3.20. The van der Waals surface area contributed by atoms with Gasteiger partial charge in [0.05, 0.1) is 5.60 Å². The maximum absolute atomic E-state index is 13.3. The molecule has 116 valence electrons. The SMILES string of the molecule is CCC1CCC(O)(CNC(=O)c2cc(C)cc(F)c2)CC1. The highest BCUT2D eigenvalue weighted by Gasteiger charge is 2.32. The molecule has 1 saturated carbocycles. The minimum absolute atomic E-state index is 0.234. The number of halogens is 1. The Hall–Kier alpha value is -1.42. The molecule has 0 heterocycles. The number of aryl methyl sites for hydroxylation is 1. The Morgan fingerprint density at radius 2 is 2.05 bits per heavy atom. The molecule has 2 N–H and O–H groups in total. The molecule has 21 heavy (non-hydrogen) atoms. The summed E-state index contributed by atoms with van der Waals surface area (Å²) in [5.74, 6) is -0.0576. The van der Waals surface area contributed by atoms with Gasteiger partial charge < -0.3 is 10.4 Å². The Balaban J connectivity index is 1.92. The lowest BCUT2D eigenvalue weighted by Gasteiger charge is -2.35. The Bertz CT molecular complexity index is 487. The number of hydrogen-bond donors (Lipinski definition) is 2. The van der Waals surface area contributed by atoms with E-state index in [2.05, 4.69) is 12.2 Å². The van der Waals surface area contributed by atoms with Gasteiger partial charge in [0.1, 0.15) is 5.82 Å². The molecule has 1 amide bonds. The van der Waals surface area contributed by atoms with Crippen molar-refractivity contribution in [2.24, 2.45) is 5.92 Å². The lowest BCUT2D eigenvalue weighted by atomic mass is 9.78. The van der Waals surface area contributed by atoms with Gasteiger partial charge in [-0.3, -0.25) is 4.79 Å². The van der Waals surface area contributed by atoms with Crippen LogP contribution in [0.25, 0.3) is 0 Å². The summed E-state index contributed by atoms with van der Waals surface area (Å²) >= 11 is 0. The molecule has 1 aromatic rings. The Kier molecular flexibility index (Phi) is 4.99. The molecule has 1 fully saturated rings. The molecule has 0 spiro atoms. The van der Waals surface area contributed by atoms with Crippen LogP contribution in [0, 0.1) is 18.7 Å². The topological polar surface area (TPSA) is 49.3 Å². The Labute approximate surface area is 125 Å². The van der Waals surface area contributed by atoms with E-state index in [1.165, 1.54) is 12.1 Å². The zero-order chi connectivity index (χ0) is 15.5. The Morgan fingerprint density at radius 3 is 2.62 bits per heavy atom. The molecular weight excluding hydrogens is 269 g/mol. The van der Waals surface area contributed by atoms with Gasteiger partial charge in [-0.25, -0.2) is 4.39 Å². The largest absolute Gasteiger partial charge is 0.388 e. The molecule has 1 aliphatic rings. The molecule has 2 rings (SSSR count). The van der Waals surface area contributed by atoms with E-state index in [0.29, 0.717) is 29.9 Å². The van der Waals surface area contributed by atoms with Crippen LogP contribution in [0.3, 0.4) is 0 Å². The summed E-state index contributed by atoms with van der Waals surface area (Å²) < 4.78 is 13.3. The van der Waals surface area contributed by atoms with Gasteiger partial charge in [-0.05, 0) is 62.3 Å². The number of nitrogens with one attached hydrogen (secondary N) is 1. The minimum atomic E-state index is -0.816. The number of benzene rings is 1. The number of aliphatic hydroxyl groups is 1. The van der Waals surface area contributed by atoms with Crippen molar-refractivity contribution in [1.29, 1.82) is 0 Å². The molecular formula is C17H24FNO2. The molecule has 0 radical (unpaired) electrons. The van der Waals surface area contributed by atoms with Crippen LogP contribution in [0.4, 0.5) is 4.39 Å². The van der Waals surface area contributed by atoms with E-state index in [-0.39, 0.29) is 12.5 Å². The molecule has 0 bridgehead atoms. The quantitative estimate of drug-likeness (QED) is 0.895. The fraction of sp³-hybridized carbons (Fsp3) is 0.588. The smallest absolute Gasteiger partial charge is 0.251 e. The van der Waals surface area contributed by atoms with Crippen molar-refractivity contribution in [2.45, 2.75) is 51.6 Å². The van der Waals surface area contributed by atoms with Crippen molar-refractivity contribution in [2.75, 3.05) is 6.54 Å². The molecule has 0 unspecified atom stereocenters. The minimum Gasteiger partial charge on any atom is -0.388 e. The molecule has 0 atom stereocenters. The first kappa shape index (κ1) is 16.0. The molecule has 0 aliphatic heterocycles. The molecule has 1 aliphatic carbocycles. The normalized spacial score (nSPS) is 25.6. The fourth-order valence-electron chi connectivity index (χ4n) is 3.01. The third-order valence-corrected chi connectivity index (χ3v) is 4.50. The maximum Gasteiger partial charge on any atom is 0.251 e. The third-order valence-electron chi connectivity index (χ3n) is 4.50. The van der Waals surface area contributed by atoms with Gasteiger partial charge in [0.25, 0.3) is 5.91 Å². The lowest BCUT2D eigenvalue weighted by molar-refractivity contribution is -0.00786. The first-order chi connectivity index (χ1) is 9.92. The van der Waals surface area contributed by atoms with Crippen LogP contribution in [0.5, 0.6) is 0 Å². The van der Waals surface area contributed by atoms with Crippen LogP contribution in [0.15, 0.2) is 18.2 Å². The van der Waals surface area contributed by atoms with Gasteiger partial charge in [-0.15, -0.1) is 0 Å². The van der Waals surface area contributed by atoms with Gasteiger partial charge in [0.15, 0.2) is 0 Å². The zero-order valence-electron chi connectivity index (χ0n) is 12.8. The first-order valence-electron chi connectivity index (χ1n) is 7.69. The third kappa shape index (κ3) is 4.27. The molecule has 0 aromatic heterocycles. The summed E-state index contributed by atoms with van der Waals surface area (Å²) in [4.78, 5) is 12.1. The molecule has 0 saturated heterocycles. The van der Waals surface area contributed by atoms with E-state index < -0.39 is 11.4 Å². The van der Waals surface area contributed by atoms with Gasteiger partial charge in [-0.1, -0.05) is 13.3 Å². The van der Waals surface area contributed by atoms with Crippen molar-refractivity contribution < 1.29 is 14.3 Å². The van der Waals surface area contributed by atoms with E-state index in [0.717, 1.165) is 19.3 Å². The van der Waals surface area contributed by atoms with Crippen molar-refractivity contribution in [3.63, 3.8) is 0 Å². The second kappa shape index (κ2) is 6.56. The predicted molar refractivity (Wildman–Crippen MR) is 80.7 cm³/mol.